The van der Waals surface area contributed by atoms with Crippen LogP contribution in [-0.2, 0) is 13.0 Å². The number of carbonyl (C=O) groups excluding carboxylic acids is 2. The Morgan fingerprint density at radius 2 is 1.93 bits per heavy atom. The van der Waals surface area contributed by atoms with Crippen molar-refractivity contribution >= 4 is 22.7 Å². The summed E-state index contributed by atoms with van der Waals surface area (Å²) in [7, 11) is 1.51. The lowest BCUT2D eigenvalue weighted by Gasteiger charge is -2.13. The smallest absolute Gasteiger partial charge is 0.248 e. The first kappa shape index (κ1) is 19.6. The van der Waals surface area contributed by atoms with Gasteiger partial charge in [0.05, 0.1) is 18.7 Å². The predicted octanol–water partition coefficient (Wildman–Crippen LogP) is 2.31. The van der Waals surface area contributed by atoms with E-state index in [1.165, 1.54) is 7.11 Å². The van der Waals surface area contributed by atoms with Gasteiger partial charge in [-0.15, -0.1) is 0 Å². The lowest BCUT2D eigenvalue weighted by molar-refractivity contribution is 0.0945. The molecule has 0 saturated heterocycles. The molecule has 0 aliphatic heterocycles. The first-order valence-corrected chi connectivity index (χ1v) is 9.18. The molecule has 3 rings (SSSR count). The number of Topliss-reactive ketones (excluding diaryl/α,β-unsaturated/α-hetero) is 1. The minimum atomic E-state index is -0.726. The summed E-state index contributed by atoms with van der Waals surface area (Å²) in [6, 6.07) is 12.0. The molecular weight excluding hydrogens is 356 g/mol. The minimum absolute atomic E-state index is 0.254. The van der Waals surface area contributed by atoms with Gasteiger partial charge in [0.2, 0.25) is 11.7 Å². The SMILES string of the molecule is CCCn1c(C(=O)[C@@H](N)Cc2ccccc2)nc2cc(C(N)=O)cc(OC)c21. The molecule has 1 atom stereocenters. The Labute approximate surface area is 163 Å². The molecule has 0 radical (unpaired) electrons. The van der Waals surface area contributed by atoms with E-state index in [0.29, 0.717) is 29.7 Å². The van der Waals surface area contributed by atoms with Crippen molar-refractivity contribution in [1.29, 1.82) is 0 Å². The molecule has 1 amide bonds. The van der Waals surface area contributed by atoms with Gasteiger partial charge in [-0.25, -0.2) is 4.98 Å². The molecule has 146 valence electrons. The Morgan fingerprint density at radius 1 is 1.21 bits per heavy atom. The summed E-state index contributed by atoms with van der Waals surface area (Å²) in [5, 5.41) is 0. The average Bonchev–Trinajstić information content (AvgIpc) is 3.06. The second-order valence-electron chi connectivity index (χ2n) is 6.66. The number of imidazole rings is 1. The van der Waals surface area contributed by atoms with Gasteiger partial charge in [-0.2, -0.15) is 0 Å². The topological polar surface area (TPSA) is 113 Å². The maximum Gasteiger partial charge on any atom is 0.248 e. The van der Waals surface area contributed by atoms with E-state index in [0.717, 1.165) is 12.0 Å². The fraction of sp³-hybridized carbons (Fsp3) is 0.286. The highest BCUT2D eigenvalue weighted by Gasteiger charge is 2.25. The highest BCUT2D eigenvalue weighted by Crippen LogP contribution is 2.29. The number of ketones is 1. The quantitative estimate of drug-likeness (QED) is 0.582. The number of fused-ring (bicyclic) bond motifs is 1. The van der Waals surface area contributed by atoms with Crippen LogP contribution in [-0.4, -0.2) is 34.4 Å². The van der Waals surface area contributed by atoms with Gasteiger partial charge in [-0.3, -0.25) is 9.59 Å². The van der Waals surface area contributed by atoms with Crippen LogP contribution in [0.25, 0.3) is 11.0 Å². The molecule has 0 saturated carbocycles. The van der Waals surface area contributed by atoms with Crippen LogP contribution in [0.3, 0.4) is 0 Å². The number of carbonyl (C=O) groups is 2. The molecule has 1 heterocycles. The van der Waals surface area contributed by atoms with Gasteiger partial charge >= 0.3 is 0 Å². The average molecular weight is 380 g/mol. The van der Waals surface area contributed by atoms with Crippen LogP contribution in [0.4, 0.5) is 0 Å². The number of hydrogen-bond acceptors (Lipinski definition) is 5. The third-order valence-corrected chi connectivity index (χ3v) is 4.61. The van der Waals surface area contributed by atoms with Crippen molar-refractivity contribution in [3.05, 3.63) is 59.4 Å². The third kappa shape index (κ3) is 3.75. The summed E-state index contributed by atoms with van der Waals surface area (Å²) in [4.78, 5) is 29.2. The number of rotatable bonds is 8. The second-order valence-corrected chi connectivity index (χ2v) is 6.66. The number of aryl methyl sites for hydroxylation is 1. The van der Waals surface area contributed by atoms with Crippen LogP contribution in [0.1, 0.15) is 39.9 Å². The van der Waals surface area contributed by atoms with E-state index in [2.05, 4.69) is 4.98 Å². The normalized spacial score (nSPS) is 12.1. The molecule has 0 bridgehead atoms. The summed E-state index contributed by atoms with van der Waals surface area (Å²) in [5.41, 5.74) is 14.0. The molecule has 7 heteroatoms. The standard InChI is InChI=1S/C21H24N4O3/c1-3-9-25-18-16(11-14(20(23)27)12-17(18)28-2)24-21(25)19(26)15(22)10-13-7-5-4-6-8-13/h4-8,11-12,15H,3,9-10,22H2,1-2H3,(H2,23,27)/t15-/m0/s1. The molecule has 28 heavy (non-hydrogen) atoms. The Bertz CT molecular complexity index is 1010. The fourth-order valence-corrected chi connectivity index (χ4v) is 3.28. The molecule has 2 aromatic carbocycles. The van der Waals surface area contributed by atoms with E-state index in [1.54, 1.807) is 12.1 Å². The molecular formula is C21H24N4O3. The molecule has 0 unspecified atom stereocenters. The van der Waals surface area contributed by atoms with Crippen molar-refractivity contribution in [2.45, 2.75) is 32.4 Å². The number of nitrogens with zero attached hydrogens (tertiary/aromatic N) is 2. The first-order valence-electron chi connectivity index (χ1n) is 9.18. The summed E-state index contributed by atoms with van der Waals surface area (Å²) in [6.45, 7) is 2.58. The molecule has 0 aliphatic rings. The third-order valence-electron chi connectivity index (χ3n) is 4.61. The second kappa shape index (κ2) is 8.22. The summed E-state index contributed by atoms with van der Waals surface area (Å²) in [5.74, 6) is -0.127. The highest BCUT2D eigenvalue weighted by molar-refractivity contribution is 6.03. The Hall–Kier alpha value is -3.19. The van der Waals surface area contributed by atoms with Crippen molar-refractivity contribution in [3.8, 4) is 5.75 Å². The van der Waals surface area contributed by atoms with Gasteiger partial charge < -0.3 is 20.8 Å². The maximum atomic E-state index is 13.1. The zero-order chi connectivity index (χ0) is 20.3. The van der Waals surface area contributed by atoms with Crippen LogP contribution < -0.4 is 16.2 Å². The van der Waals surface area contributed by atoms with Crippen LogP contribution in [0, 0.1) is 0 Å². The van der Waals surface area contributed by atoms with Gasteiger partial charge in [0.15, 0.2) is 5.82 Å². The highest BCUT2D eigenvalue weighted by atomic mass is 16.5. The van der Waals surface area contributed by atoms with Gasteiger partial charge in [-0.05, 0) is 30.5 Å². The Morgan fingerprint density at radius 3 is 2.54 bits per heavy atom. The van der Waals surface area contributed by atoms with Crippen molar-refractivity contribution in [1.82, 2.24) is 9.55 Å². The molecule has 3 aromatic rings. The van der Waals surface area contributed by atoms with Crippen molar-refractivity contribution in [2.75, 3.05) is 7.11 Å². The van der Waals surface area contributed by atoms with Crippen LogP contribution in [0.15, 0.2) is 42.5 Å². The number of hydrogen-bond donors (Lipinski definition) is 2. The Kier molecular flexibility index (Phi) is 5.75. The number of primary amides is 1. The number of ether oxygens (including phenoxy) is 1. The van der Waals surface area contributed by atoms with Crippen LogP contribution >= 0.6 is 0 Å². The number of amides is 1. The number of benzene rings is 2. The van der Waals surface area contributed by atoms with Crippen LogP contribution in [0.5, 0.6) is 5.75 Å². The zero-order valence-corrected chi connectivity index (χ0v) is 16.0. The zero-order valence-electron chi connectivity index (χ0n) is 16.0. The summed E-state index contributed by atoms with van der Waals surface area (Å²) >= 11 is 0. The van der Waals surface area contributed by atoms with E-state index < -0.39 is 11.9 Å². The van der Waals surface area contributed by atoms with Crippen molar-refractivity contribution < 1.29 is 14.3 Å². The Balaban J connectivity index is 2.07. The number of methoxy groups -OCH3 is 1. The van der Waals surface area contributed by atoms with Gasteiger partial charge in [0, 0.05) is 12.1 Å². The summed E-state index contributed by atoms with van der Waals surface area (Å²) < 4.78 is 7.25. The molecule has 4 N–H and O–H groups in total. The molecule has 1 aromatic heterocycles. The largest absolute Gasteiger partial charge is 0.494 e. The van der Waals surface area contributed by atoms with Crippen LogP contribution in [0.2, 0.25) is 0 Å². The first-order chi connectivity index (χ1) is 13.5. The fourth-order valence-electron chi connectivity index (χ4n) is 3.28. The van der Waals surface area contributed by atoms with Gasteiger partial charge in [0.25, 0.3) is 0 Å². The maximum absolute atomic E-state index is 13.1. The molecule has 0 aliphatic carbocycles. The van der Waals surface area contributed by atoms with Crippen molar-refractivity contribution in [3.63, 3.8) is 0 Å². The lowest BCUT2D eigenvalue weighted by Crippen LogP contribution is -2.34. The van der Waals surface area contributed by atoms with E-state index >= 15 is 0 Å². The molecule has 0 spiro atoms. The van der Waals surface area contributed by atoms with E-state index in [-0.39, 0.29) is 17.2 Å². The predicted molar refractivity (Wildman–Crippen MR) is 108 cm³/mol. The lowest BCUT2D eigenvalue weighted by atomic mass is 10.0. The van der Waals surface area contributed by atoms with E-state index in [9.17, 15) is 9.59 Å². The summed E-state index contributed by atoms with van der Waals surface area (Å²) in [6.07, 6.45) is 1.21. The molecule has 0 fully saturated rings. The monoisotopic (exact) mass is 380 g/mol. The number of nitrogens with two attached hydrogens (primary N) is 2. The van der Waals surface area contributed by atoms with Gasteiger partial charge in [-0.1, -0.05) is 37.3 Å². The van der Waals surface area contributed by atoms with E-state index in [1.807, 2.05) is 41.8 Å². The minimum Gasteiger partial charge on any atom is -0.494 e. The van der Waals surface area contributed by atoms with Crippen molar-refractivity contribution in [2.24, 2.45) is 11.5 Å². The van der Waals surface area contributed by atoms with Gasteiger partial charge in [0.1, 0.15) is 11.3 Å². The number of aromatic nitrogens is 2. The van der Waals surface area contributed by atoms with E-state index in [4.69, 9.17) is 16.2 Å². The molecule has 7 nitrogen and oxygen atoms in total.